The van der Waals surface area contributed by atoms with Crippen molar-refractivity contribution in [3.05, 3.63) is 34.9 Å². The number of nitrogens with zero attached hydrogens (tertiary/aromatic N) is 1. The molecule has 1 fully saturated rings. The molecule has 1 aliphatic heterocycles. The molecule has 3 nitrogen and oxygen atoms in total. The third-order valence-corrected chi connectivity index (χ3v) is 4.42. The number of benzene rings is 1. The molecule has 2 N–H and O–H groups in total. The predicted molar refractivity (Wildman–Crippen MR) is 83.4 cm³/mol. The van der Waals surface area contributed by atoms with Crippen molar-refractivity contribution in [3.63, 3.8) is 0 Å². The number of piperidine rings is 1. The van der Waals surface area contributed by atoms with E-state index >= 15 is 0 Å². The summed E-state index contributed by atoms with van der Waals surface area (Å²) < 4.78 is 0. The van der Waals surface area contributed by atoms with Gasteiger partial charge in [-0.3, -0.25) is 4.79 Å². The Morgan fingerprint density at radius 3 is 2.45 bits per heavy atom. The Balaban J connectivity index is 0.00000147. The van der Waals surface area contributed by atoms with Crippen LogP contribution in [0.3, 0.4) is 0 Å². The Morgan fingerprint density at radius 2 is 1.75 bits per heavy atom. The average Bonchev–Trinajstić information content (AvgIpc) is 2.47. The van der Waals surface area contributed by atoms with E-state index in [-0.39, 0.29) is 24.4 Å². The maximum Gasteiger partial charge on any atom is 0.253 e. The number of hydrogen-bond donors (Lipinski definition) is 1. The van der Waals surface area contributed by atoms with E-state index in [0.29, 0.717) is 0 Å². The van der Waals surface area contributed by atoms with Crippen molar-refractivity contribution in [1.29, 1.82) is 0 Å². The smallest absolute Gasteiger partial charge is 0.253 e. The number of carbonyl (C=O) groups excluding carboxylic acids is 1. The third kappa shape index (κ3) is 3.15. The van der Waals surface area contributed by atoms with Crippen LogP contribution in [0.25, 0.3) is 0 Å². The minimum Gasteiger partial charge on any atom is -0.339 e. The minimum absolute atomic E-state index is 0. The summed E-state index contributed by atoms with van der Waals surface area (Å²) in [6.07, 6.45) is 6.69. The van der Waals surface area contributed by atoms with Crippen LogP contribution in [0.1, 0.15) is 47.2 Å². The van der Waals surface area contributed by atoms with Gasteiger partial charge in [0.2, 0.25) is 0 Å². The van der Waals surface area contributed by atoms with Gasteiger partial charge < -0.3 is 10.6 Å². The van der Waals surface area contributed by atoms with Crippen LogP contribution < -0.4 is 5.73 Å². The molecule has 3 rings (SSSR count). The normalized spacial score (nSPS) is 19.1. The minimum atomic E-state index is 0. The van der Waals surface area contributed by atoms with Gasteiger partial charge in [-0.05, 0) is 61.8 Å². The highest BCUT2D eigenvalue weighted by Gasteiger charge is 2.22. The molecule has 0 bridgehead atoms. The first-order valence-electron chi connectivity index (χ1n) is 7.41. The molecule has 20 heavy (non-hydrogen) atoms. The summed E-state index contributed by atoms with van der Waals surface area (Å²) in [6, 6.07) is 6.54. The maximum atomic E-state index is 12.5. The molecule has 1 aromatic rings. The predicted octanol–water partition coefficient (Wildman–Crippen LogP) is 2.55. The Bertz CT molecular complexity index is 481. The number of rotatable bonds is 1. The van der Waals surface area contributed by atoms with Crippen LogP contribution in [0.5, 0.6) is 0 Å². The molecule has 1 aromatic carbocycles. The molecule has 0 aromatic heterocycles. The largest absolute Gasteiger partial charge is 0.339 e. The number of likely N-dealkylation sites (tertiary alicyclic amines) is 1. The number of hydrogen-bond acceptors (Lipinski definition) is 2. The van der Waals surface area contributed by atoms with Gasteiger partial charge in [0, 0.05) is 24.7 Å². The second-order valence-corrected chi connectivity index (χ2v) is 5.82. The first-order valence-corrected chi connectivity index (χ1v) is 7.41. The van der Waals surface area contributed by atoms with E-state index in [2.05, 4.69) is 12.1 Å². The second-order valence-electron chi connectivity index (χ2n) is 5.82. The van der Waals surface area contributed by atoms with Gasteiger partial charge in [-0.2, -0.15) is 0 Å². The number of nitrogens with two attached hydrogens (primary N) is 1. The molecule has 4 heteroatoms. The van der Waals surface area contributed by atoms with Crippen molar-refractivity contribution < 1.29 is 4.79 Å². The van der Waals surface area contributed by atoms with E-state index in [9.17, 15) is 4.79 Å². The zero-order valence-corrected chi connectivity index (χ0v) is 12.6. The highest BCUT2D eigenvalue weighted by Crippen LogP contribution is 2.23. The zero-order valence-electron chi connectivity index (χ0n) is 11.8. The van der Waals surface area contributed by atoms with Gasteiger partial charge in [0.05, 0.1) is 0 Å². The molecule has 1 amide bonds. The highest BCUT2D eigenvalue weighted by atomic mass is 35.5. The molecule has 2 aliphatic rings. The van der Waals surface area contributed by atoms with Crippen LogP contribution >= 0.6 is 12.4 Å². The molecule has 0 atom stereocenters. The van der Waals surface area contributed by atoms with E-state index in [4.69, 9.17) is 5.73 Å². The quantitative estimate of drug-likeness (QED) is 0.865. The molecule has 1 saturated heterocycles. The van der Waals surface area contributed by atoms with E-state index in [0.717, 1.165) is 37.9 Å². The molecule has 0 radical (unpaired) electrons. The van der Waals surface area contributed by atoms with Crippen molar-refractivity contribution in [1.82, 2.24) is 4.90 Å². The lowest BCUT2D eigenvalue weighted by Gasteiger charge is -2.30. The lowest BCUT2D eigenvalue weighted by Crippen LogP contribution is -2.42. The van der Waals surface area contributed by atoms with Crippen molar-refractivity contribution in [2.45, 2.75) is 44.6 Å². The number of carbonyl (C=O) groups is 1. The summed E-state index contributed by atoms with van der Waals surface area (Å²) in [5.74, 6) is 0.181. The van der Waals surface area contributed by atoms with Crippen LogP contribution in [0.15, 0.2) is 18.2 Å². The number of amides is 1. The Morgan fingerprint density at radius 1 is 1.10 bits per heavy atom. The van der Waals surface area contributed by atoms with Gasteiger partial charge in [-0.25, -0.2) is 0 Å². The molecular weight excluding hydrogens is 272 g/mol. The van der Waals surface area contributed by atoms with Crippen molar-refractivity contribution in [2.75, 3.05) is 13.1 Å². The third-order valence-electron chi connectivity index (χ3n) is 4.42. The van der Waals surface area contributed by atoms with Crippen LogP contribution in [0.2, 0.25) is 0 Å². The van der Waals surface area contributed by atoms with E-state index < -0.39 is 0 Å². The molecule has 0 saturated carbocycles. The van der Waals surface area contributed by atoms with Gasteiger partial charge in [0.1, 0.15) is 0 Å². The van der Waals surface area contributed by atoms with Gasteiger partial charge >= 0.3 is 0 Å². The lowest BCUT2D eigenvalue weighted by atomic mass is 9.90. The van der Waals surface area contributed by atoms with Gasteiger partial charge in [-0.1, -0.05) is 6.07 Å². The fraction of sp³-hybridized carbons (Fsp3) is 0.562. The lowest BCUT2D eigenvalue weighted by molar-refractivity contribution is 0.0714. The number of aryl methyl sites for hydroxylation is 2. The molecule has 0 unspecified atom stereocenters. The monoisotopic (exact) mass is 294 g/mol. The van der Waals surface area contributed by atoms with Crippen LogP contribution in [0.4, 0.5) is 0 Å². The standard InChI is InChI=1S/C16H22N2O.ClH/c17-15-7-9-18(10-8-15)16(19)14-6-5-12-3-1-2-4-13(12)11-14;/h5-6,11,15H,1-4,7-10,17H2;1H. The highest BCUT2D eigenvalue weighted by molar-refractivity contribution is 5.94. The van der Waals surface area contributed by atoms with Crippen LogP contribution in [-0.2, 0) is 12.8 Å². The average molecular weight is 295 g/mol. The molecule has 110 valence electrons. The molecular formula is C16H23ClN2O. The van der Waals surface area contributed by atoms with Crippen molar-refractivity contribution in [2.24, 2.45) is 5.73 Å². The maximum absolute atomic E-state index is 12.5. The van der Waals surface area contributed by atoms with Crippen molar-refractivity contribution >= 4 is 18.3 Å². The van der Waals surface area contributed by atoms with Gasteiger partial charge in [0.15, 0.2) is 0 Å². The molecule has 1 aliphatic carbocycles. The van der Waals surface area contributed by atoms with Gasteiger partial charge in [0.25, 0.3) is 5.91 Å². The van der Waals surface area contributed by atoms with Crippen LogP contribution in [-0.4, -0.2) is 29.9 Å². The summed E-state index contributed by atoms with van der Waals surface area (Å²) in [5, 5.41) is 0. The van der Waals surface area contributed by atoms with E-state index in [1.807, 2.05) is 11.0 Å². The Hall–Kier alpha value is -1.06. The van der Waals surface area contributed by atoms with Crippen molar-refractivity contribution in [3.8, 4) is 0 Å². The summed E-state index contributed by atoms with van der Waals surface area (Å²) in [4.78, 5) is 14.4. The fourth-order valence-corrected chi connectivity index (χ4v) is 3.15. The number of fused-ring (bicyclic) bond motifs is 1. The van der Waals surface area contributed by atoms with Gasteiger partial charge in [-0.15, -0.1) is 12.4 Å². The van der Waals surface area contributed by atoms with E-state index in [1.165, 1.54) is 30.4 Å². The number of halogens is 1. The molecule has 1 heterocycles. The Labute approximate surface area is 126 Å². The van der Waals surface area contributed by atoms with E-state index in [1.54, 1.807) is 0 Å². The summed E-state index contributed by atoms with van der Waals surface area (Å²) in [6.45, 7) is 1.61. The summed E-state index contributed by atoms with van der Waals surface area (Å²) in [5.41, 5.74) is 9.56. The Kier molecular flexibility index (Phi) is 5.06. The topological polar surface area (TPSA) is 46.3 Å². The second kappa shape index (κ2) is 6.59. The first-order chi connectivity index (χ1) is 9.24. The van der Waals surface area contributed by atoms with Crippen LogP contribution in [0, 0.1) is 0 Å². The fourth-order valence-electron chi connectivity index (χ4n) is 3.15. The molecule has 0 spiro atoms. The summed E-state index contributed by atoms with van der Waals surface area (Å²) in [7, 11) is 0. The zero-order chi connectivity index (χ0) is 13.2. The SMILES string of the molecule is Cl.NC1CCN(C(=O)c2ccc3c(c2)CCCC3)CC1. The first kappa shape index (κ1) is 15.3. The summed E-state index contributed by atoms with van der Waals surface area (Å²) >= 11 is 0.